The molecule has 1 aliphatic rings. The van der Waals surface area contributed by atoms with Gasteiger partial charge in [0.1, 0.15) is 0 Å². The molecule has 1 aromatic rings. The van der Waals surface area contributed by atoms with E-state index in [0.717, 1.165) is 17.0 Å². The first-order valence-corrected chi connectivity index (χ1v) is 8.41. The van der Waals surface area contributed by atoms with Gasteiger partial charge in [-0.25, -0.2) is 0 Å². The number of thiol groups is 1. The number of carboxylic acid groups (broad SMARTS) is 1. The molecule has 1 saturated heterocycles. The van der Waals surface area contributed by atoms with E-state index in [-0.39, 0.29) is 25.9 Å². The van der Waals surface area contributed by atoms with Crippen LogP contribution in [0.2, 0.25) is 0 Å². The van der Waals surface area contributed by atoms with Crippen molar-refractivity contribution >= 4 is 30.1 Å². The van der Waals surface area contributed by atoms with E-state index in [4.69, 9.17) is 5.11 Å². The van der Waals surface area contributed by atoms with Crippen molar-refractivity contribution in [2.24, 2.45) is 5.92 Å². The van der Waals surface area contributed by atoms with E-state index < -0.39 is 57.3 Å². The first-order chi connectivity index (χ1) is 12.7. The Morgan fingerprint density at radius 1 is 1.04 bits per heavy atom. The van der Waals surface area contributed by atoms with Gasteiger partial charge >= 0.3 is 18.3 Å². The molecule has 1 aromatic carbocycles. The summed E-state index contributed by atoms with van der Waals surface area (Å²) in [7, 11) is 0. The smallest absolute Gasteiger partial charge is 0.418 e. The summed E-state index contributed by atoms with van der Waals surface area (Å²) < 4.78 is 80.1. The quantitative estimate of drug-likeness (QED) is 0.429. The molecule has 1 fully saturated rings. The lowest BCUT2D eigenvalue weighted by Gasteiger charge is -2.31. The van der Waals surface area contributed by atoms with Crippen molar-refractivity contribution in [1.82, 2.24) is 4.90 Å². The van der Waals surface area contributed by atoms with Crippen molar-refractivity contribution < 1.29 is 41.0 Å². The number of carboxylic acids is 1. The Bertz CT molecular complexity index is 810. The van der Waals surface area contributed by atoms with Gasteiger partial charge in [-0.05, 0) is 24.5 Å². The van der Waals surface area contributed by atoms with Crippen LogP contribution < -0.4 is 0 Å². The molecule has 1 N–H and O–H groups in total. The van der Waals surface area contributed by atoms with Gasteiger partial charge in [0.2, 0.25) is 0 Å². The monoisotopic (exact) mass is 427 g/mol. The van der Waals surface area contributed by atoms with Crippen molar-refractivity contribution in [3.63, 3.8) is 0 Å². The molecule has 0 unspecified atom stereocenters. The summed E-state index contributed by atoms with van der Waals surface area (Å²) in [6.45, 7) is 3.18. The average Bonchev–Trinajstić information content (AvgIpc) is 2.58. The van der Waals surface area contributed by atoms with Crippen LogP contribution in [0.1, 0.15) is 29.5 Å². The van der Waals surface area contributed by atoms with Gasteiger partial charge in [0.15, 0.2) is 0 Å². The number of rotatable bonds is 3. The Labute approximate surface area is 161 Å². The van der Waals surface area contributed by atoms with E-state index in [9.17, 15) is 35.9 Å². The Hall–Kier alpha value is -2.17. The molecule has 28 heavy (non-hydrogen) atoms. The maximum absolute atomic E-state index is 13.5. The van der Waals surface area contributed by atoms with Crippen molar-refractivity contribution in [1.29, 1.82) is 0 Å². The summed E-state index contributed by atoms with van der Waals surface area (Å²) in [5.41, 5.74) is -5.74. The van der Waals surface area contributed by atoms with E-state index in [1.54, 1.807) is 0 Å². The van der Waals surface area contributed by atoms with Crippen molar-refractivity contribution in [3.8, 4) is 0 Å². The van der Waals surface area contributed by atoms with Crippen LogP contribution in [-0.2, 0) is 21.9 Å². The Balaban J connectivity index is 2.43. The summed E-state index contributed by atoms with van der Waals surface area (Å²) in [4.78, 5) is 23.6. The first kappa shape index (κ1) is 22.1. The van der Waals surface area contributed by atoms with Gasteiger partial charge in [0, 0.05) is 23.6 Å². The number of hydrogen-bond acceptors (Lipinski definition) is 3. The van der Waals surface area contributed by atoms with E-state index in [0.29, 0.717) is 0 Å². The molecule has 1 aliphatic heterocycles. The lowest BCUT2D eigenvalue weighted by atomic mass is 9.92. The second-order valence-electron chi connectivity index (χ2n) is 6.26. The molecule has 154 valence electrons. The van der Waals surface area contributed by atoms with Gasteiger partial charge < -0.3 is 10.0 Å². The maximum atomic E-state index is 13.5. The topological polar surface area (TPSA) is 57.6 Å². The second-order valence-corrected chi connectivity index (χ2v) is 6.74. The third-order valence-corrected chi connectivity index (χ3v) is 4.84. The Morgan fingerprint density at radius 2 is 1.54 bits per heavy atom. The molecule has 0 aromatic heterocycles. The number of hydrogen-bond donors (Lipinski definition) is 2. The third-order valence-electron chi connectivity index (χ3n) is 4.46. The van der Waals surface area contributed by atoms with Crippen LogP contribution in [-0.4, -0.2) is 35.0 Å². The van der Waals surface area contributed by atoms with E-state index in [1.165, 1.54) is 0 Å². The molecule has 0 atom stereocenters. The van der Waals surface area contributed by atoms with E-state index in [1.807, 2.05) is 0 Å². The number of nitrogens with zero attached hydrogens (tertiary/aromatic N) is 1. The zero-order valence-electron chi connectivity index (χ0n) is 14.2. The van der Waals surface area contributed by atoms with Crippen molar-refractivity contribution in [2.75, 3.05) is 13.1 Å². The van der Waals surface area contributed by atoms with Crippen LogP contribution in [0, 0.1) is 5.92 Å². The SMILES string of the molecule is C=C(C(=O)N1CCC(C(=O)O)CC1)c1ccc(S)c(C(F)(F)F)c1C(F)(F)F. The number of halogens is 6. The minimum absolute atomic E-state index is 0.0487. The number of aliphatic carboxylic acids is 1. The highest BCUT2D eigenvalue weighted by Gasteiger charge is 2.47. The third kappa shape index (κ3) is 4.45. The predicted octanol–water partition coefficient (Wildman–Crippen LogP) is 4.35. The summed E-state index contributed by atoms with van der Waals surface area (Å²) in [6, 6.07) is 1.45. The van der Waals surface area contributed by atoms with Crippen LogP contribution in [0.4, 0.5) is 26.3 Å². The summed E-state index contributed by atoms with van der Waals surface area (Å²) in [5, 5.41) is 8.95. The van der Waals surface area contributed by atoms with Gasteiger partial charge in [-0.3, -0.25) is 9.59 Å². The molecular weight excluding hydrogens is 412 g/mol. The fourth-order valence-corrected chi connectivity index (χ4v) is 3.37. The lowest BCUT2D eigenvalue weighted by Crippen LogP contribution is -2.40. The highest BCUT2D eigenvalue weighted by atomic mass is 32.1. The molecular formula is C17H15F6NO3S. The number of benzene rings is 1. The van der Waals surface area contributed by atoms with Gasteiger partial charge in [-0.15, -0.1) is 12.6 Å². The Morgan fingerprint density at radius 3 is 1.96 bits per heavy atom. The van der Waals surface area contributed by atoms with Crippen LogP contribution in [0.25, 0.3) is 5.57 Å². The minimum atomic E-state index is -5.40. The highest BCUT2D eigenvalue weighted by molar-refractivity contribution is 7.80. The molecule has 0 spiro atoms. The zero-order valence-corrected chi connectivity index (χ0v) is 15.1. The number of carbonyl (C=O) groups excluding carboxylic acids is 1. The van der Waals surface area contributed by atoms with Gasteiger partial charge in [-0.2, -0.15) is 26.3 Å². The fraction of sp³-hybridized carbons (Fsp3) is 0.412. The number of alkyl halides is 6. The number of likely N-dealkylation sites (tertiary alicyclic amines) is 1. The standard InChI is InChI=1S/C17H15F6NO3S/c1-8(14(25)24-6-4-9(5-7-24)15(26)27)10-2-3-11(28)13(17(21,22)23)12(10)16(18,19)20/h2-3,9,28H,1,4-7H2,(H,26,27). The lowest BCUT2D eigenvalue weighted by molar-refractivity contribution is -0.163. The van der Waals surface area contributed by atoms with Crippen LogP contribution in [0.15, 0.2) is 23.6 Å². The predicted molar refractivity (Wildman–Crippen MR) is 89.7 cm³/mol. The number of piperidine rings is 1. The largest absolute Gasteiger partial charge is 0.481 e. The summed E-state index contributed by atoms with van der Waals surface area (Å²) in [6.07, 6.45) is -10.6. The molecule has 1 heterocycles. The molecule has 0 aliphatic carbocycles. The zero-order chi connectivity index (χ0) is 21.4. The van der Waals surface area contributed by atoms with Gasteiger partial charge in [0.25, 0.3) is 5.91 Å². The average molecular weight is 427 g/mol. The van der Waals surface area contributed by atoms with E-state index in [2.05, 4.69) is 19.2 Å². The number of carbonyl (C=O) groups is 2. The van der Waals surface area contributed by atoms with Crippen molar-refractivity contribution in [2.45, 2.75) is 30.1 Å². The first-order valence-electron chi connectivity index (χ1n) is 7.96. The molecule has 4 nitrogen and oxygen atoms in total. The van der Waals surface area contributed by atoms with Crippen LogP contribution in [0.3, 0.4) is 0 Å². The molecule has 11 heteroatoms. The van der Waals surface area contributed by atoms with Crippen LogP contribution >= 0.6 is 12.6 Å². The molecule has 1 amide bonds. The second kappa shape index (κ2) is 7.69. The van der Waals surface area contributed by atoms with Crippen LogP contribution in [0.5, 0.6) is 0 Å². The van der Waals surface area contributed by atoms with Crippen molar-refractivity contribution in [3.05, 3.63) is 35.4 Å². The summed E-state index contributed by atoms with van der Waals surface area (Å²) >= 11 is 3.49. The van der Waals surface area contributed by atoms with E-state index >= 15 is 0 Å². The Kier molecular flexibility index (Phi) is 6.07. The van der Waals surface area contributed by atoms with Gasteiger partial charge in [0.05, 0.1) is 17.0 Å². The summed E-state index contributed by atoms with van der Waals surface area (Å²) in [5.74, 6) is -2.72. The minimum Gasteiger partial charge on any atom is -0.481 e. The molecule has 2 rings (SSSR count). The molecule has 0 saturated carbocycles. The fourth-order valence-electron chi connectivity index (χ4n) is 3.06. The number of amides is 1. The highest BCUT2D eigenvalue weighted by Crippen LogP contribution is 2.46. The maximum Gasteiger partial charge on any atom is 0.418 e. The molecule has 0 bridgehead atoms. The molecule has 0 radical (unpaired) electrons. The van der Waals surface area contributed by atoms with Gasteiger partial charge in [-0.1, -0.05) is 12.6 Å². The normalized spacial score (nSPS) is 16.2.